The zero-order valence-electron chi connectivity index (χ0n) is 14.5. The van der Waals surface area contributed by atoms with E-state index in [1.165, 1.54) is 5.69 Å². The molecule has 25 heavy (non-hydrogen) atoms. The lowest BCUT2D eigenvalue weighted by Crippen LogP contribution is -2.44. The van der Waals surface area contributed by atoms with Gasteiger partial charge in [0.25, 0.3) is 0 Å². The van der Waals surface area contributed by atoms with Gasteiger partial charge in [-0.3, -0.25) is 0 Å². The van der Waals surface area contributed by atoms with Gasteiger partial charge in [0, 0.05) is 43.4 Å². The second kappa shape index (κ2) is 7.03. The summed E-state index contributed by atoms with van der Waals surface area (Å²) in [7, 11) is 2.18. The number of piperazine rings is 1. The van der Waals surface area contributed by atoms with E-state index in [-0.39, 0.29) is 0 Å². The second-order valence-corrected chi connectivity index (χ2v) is 6.51. The first-order chi connectivity index (χ1) is 12.3. The van der Waals surface area contributed by atoms with Crippen molar-refractivity contribution in [2.75, 3.05) is 38.1 Å². The molecule has 2 aromatic carbocycles. The molecule has 0 radical (unpaired) electrons. The van der Waals surface area contributed by atoms with Crippen molar-refractivity contribution in [3.05, 3.63) is 66.1 Å². The van der Waals surface area contributed by atoms with Crippen LogP contribution >= 0.6 is 0 Å². The molecule has 1 fully saturated rings. The molecule has 3 aromatic rings. The third-order valence-corrected chi connectivity index (χ3v) is 4.68. The number of benzene rings is 2. The molecule has 0 bridgehead atoms. The van der Waals surface area contributed by atoms with E-state index >= 15 is 0 Å². The molecule has 0 unspecified atom stereocenters. The Morgan fingerprint density at radius 3 is 2.52 bits per heavy atom. The monoisotopic (exact) mass is 330 g/mol. The van der Waals surface area contributed by atoms with Crippen molar-refractivity contribution in [2.24, 2.45) is 0 Å². The van der Waals surface area contributed by atoms with Crippen LogP contribution in [0.25, 0.3) is 23.1 Å². The first-order valence-electron chi connectivity index (χ1n) is 8.71. The molecule has 4 nitrogen and oxygen atoms in total. The van der Waals surface area contributed by atoms with Gasteiger partial charge in [0.05, 0.1) is 5.52 Å². The smallest absolute Gasteiger partial charge is 0.152 e. The van der Waals surface area contributed by atoms with Crippen molar-refractivity contribution < 1.29 is 0 Å². The van der Waals surface area contributed by atoms with Crippen LogP contribution in [0.3, 0.4) is 0 Å². The average Bonchev–Trinajstić information content (AvgIpc) is 2.67. The molecule has 2 heterocycles. The fraction of sp³-hybridized carbons (Fsp3) is 0.238. The Balaban J connectivity index is 1.59. The molecule has 126 valence electrons. The van der Waals surface area contributed by atoms with E-state index in [9.17, 15) is 0 Å². The summed E-state index contributed by atoms with van der Waals surface area (Å²) in [5, 5.41) is 1.08. The van der Waals surface area contributed by atoms with E-state index < -0.39 is 0 Å². The van der Waals surface area contributed by atoms with Crippen LogP contribution in [0.1, 0.15) is 11.4 Å². The third-order valence-electron chi connectivity index (χ3n) is 4.68. The number of fused-ring (bicyclic) bond motifs is 1. The van der Waals surface area contributed by atoms with Gasteiger partial charge >= 0.3 is 0 Å². The molecule has 0 aliphatic carbocycles. The molecular weight excluding hydrogens is 308 g/mol. The minimum Gasteiger partial charge on any atom is -0.369 e. The molecule has 4 heteroatoms. The average molecular weight is 330 g/mol. The van der Waals surface area contributed by atoms with Crippen LogP contribution in [0.5, 0.6) is 0 Å². The van der Waals surface area contributed by atoms with Gasteiger partial charge in [-0.05, 0) is 36.9 Å². The topological polar surface area (TPSA) is 32.3 Å². The van der Waals surface area contributed by atoms with Crippen LogP contribution in [0.4, 0.5) is 5.69 Å². The van der Waals surface area contributed by atoms with Crippen LogP contribution in [0.2, 0.25) is 0 Å². The first-order valence-corrected chi connectivity index (χ1v) is 8.71. The van der Waals surface area contributed by atoms with Crippen molar-refractivity contribution in [1.29, 1.82) is 0 Å². The molecule has 1 aliphatic rings. The molecule has 1 aliphatic heterocycles. The van der Waals surface area contributed by atoms with Crippen LogP contribution in [0.15, 0.2) is 54.7 Å². The highest BCUT2D eigenvalue weighted by Crippen LogP contribution is 2.22. The summed E-state index contributed by atoms with van der Waals surface area (Å²) in [6.45, 7) is 4.33. The highest BCUT2D eigenvalue weighted by Gasteiger charge is 2.14. The van der Waals surface area contributed by atoms with Gasteiger partial charge in [0.15, 0.2) is 5.82 Å². The summed E-state index contributed by atoms with van der Waals surface area (Å²) in [4.78, 5) is 14.0. The number of nitrogens with zero attached hydrogens (tertiary/aromatic N) is 4. The number of hydrogen-bond acceptors (Lipinski definition) is 4. The summed E-state index contributed by atoms with van der Waals surface area (Å²) in [6, 6.07) is 16.7. The number of likely N-dealkylation sites (N-methyl/N-ethyl adjacent to an activating group) is 1. The van der Waals surface area contributed by atoms with E-state index in [1.807, 2.05) is 36.5 Å². The van der Waals surface area contributed by atoms with Gasteiger partial charge in [-0.2, -0.15) is 0 Å². The molecule has 0 atom stereocenters. The number of aromatic nitrogens is 2. The zero-order valence-corrected chi connectivity index (χ0v) is 14.5. The summed E-state index contributed by atoms with van der Waals surface area (Å²) >= 11 is 0. The van der Waals surface area contributed by atoms with Gasteiger partial charge in [-0.1, -0.05) is 36.4 Å². The lowest BCUT2D eigenvalue weighted by molar-refractivity contribution is 0.313. The molecule has 4 rings (SSSR count). The highest BCUT2D eigenvalue weighted by atomic mass is 15.2. The Morgan fingerprint density at radius 1 is 0.920 bits per heavy atom. The highest BCUT2D eigenvalue weighted by molar-refractivity contribution is 5.83. The summed E-state index contributed by atoms with van der Waals surface area (Å²) in [6.07, 6.45) is 5.92. The SMILES string of the molecule is CN1CCN(c2ccc3cnc(/C=C/c4ccccc4)nc3c2)CC1. The lowest BCUT2D eigenvalue weighted by Gasteiger charge is -2.34. The van der Waals surface area contributed by atoms with E-state index in [4.69, 9.17) is 4.98 Å². The van der Waals surface area contributed by atoms with Crippen molar-refractivity contribution >= 4 is 28.7 Å². The lowest BCUT2D eigenvalue weighted by atomic mass is 10.2. The summed E-state index contributed by atoms with van der Waals surface area (Å²) < 4.78 is 0. The molecular formula is C21H22N4. The first kappa shape index (κ1) is 15.8. The third kappa shape index (κ3) is 3.69. The molecule has 0 spiro atoms. The normalized spacial score (nSPS) is 16.0. The van der Waals surface area contributed by atoms with Crippen molar-refractivity contribution in [2.45, 2.75) is 0 Å². The molecule has 0 amide bonds. The number of hydrogen-bond donors (Lipinski definition) is 0. The predicted molar refractivity (Wildman–Crippen MR) is 105 cm³/mol. The van der Waals surface area contributed by atoms with E-state index in [0.717, 1.165) is 48.5 Å². The fourth-order valence-corrected chi connectivity index (χ4v) is 3.10. The minimum atomic E-state index is 0.742. The van der Waals surface area contributed by atoms with Crippen molar-refractivity contribution in [3.63, 3.8) is 0 Å². The number of rotatable bonds is 3. The van der Waals surface area contributed by atoms with Gasteiger partial charge in [0.2, 0.25) is 0 Å². The van der Waals surface area contributed by atoms with Crippen LogP contribution in [-0.4, -0.2) is 48.1 Å². The molecule has 1 saturated heterocycles. The van der Waals surface area contributed by atoms with Crippen LogP contribution in [0, 0.1) is 0 Å². The Bertz CT molecular complexity index is 881. The maximum Gasteiger partial charge on any atom is 0.152 e. The Morgan fingerprint density at radius 2 is 1.72 bits per heavy atom. The van der Waals surface area contributed by atoms with Gasteiger partial charge < -0.3 is 9.80 Å². The summed E-state index contributed by atoms with van der Waals surface area (Å²) in [5.74, 6) is 0.742. The Kier molecular flexibility index (Phi) is 4.44. The minimum absolute atomic E-state index is 0.742. The zero-order chi connectivity index (χ0) is 17.1. The quantitative estimate of drug-likeness (QED) is 0.735. The van der Waals surface area contributed by atoms with E-state index in [2.05, 4.69) is 52.2 Å². The Hall–Kier alpha value is -2.72. The van der Waals surface area contributed by atoms with Gasteiger partial charge in [-0.25, -0.2) is 9.97 Å². The molecule has 0 saturated carbocycles. The van der Waals surface area contributed by atoms with Gasteiger partial charge in [0.1, 0.15) is 0 Å². The molecule has 0 N–H and O–H groups in total. The number of anilines is 1. The largest absolute Gasteiger partial charge is 0.369 e. The van der Waals surface area contributed by atoms with Crippen molar-refractivity contribution in [1.82, 2.24) is 14.9 Å². The van der Waals surface area contributed by atoms with E-state index in [0.29, 0.717) is 0 Å². The second-order valence-electron chi connectivity index (χ2n) is 6.51. The van der Waals surface area contributed by atoms with Crippen molar-refractivity contribution in [3.8, 4) is 0 Å². The van der Waals surface area contributed by atoms with E-state index in [1.54, 1.807) is 0 Å². The van der Waals surface area contributed by atoms with Gasteiger partial charge in [-0.15, -0.1) is 0 Å². The standard InChI is InChI=1S/C21H22N4/c1-24-11-13-25(14-12-24)19-9-8-18-16-22-21(23-20(18)15-19)10-7-17-5-3-2-4-6-17/h2-10,15-16H,11-14H2,1H3/b10-7+. The maximum absolute atomic E-state index is 4.73. The van der Waals surface area contributed by atoms with Crippen LogP contribution < -0.4 is 4.90 Å². The Labute approximate surface area is 148 Å². The van der Waals surface area contributed by atoms with Crippen LogP contribution in [-0.2, 0) is 0 Å². The maximum atomic E-state index is 4.73. The predicted octanol–water partition coefficient (Wildman–Crippen LogP) is 3.55. The molecule has 1 aromatic heterocycles. The summed E-state index contributed by atoms with van der Waals surface area (Å²) in [5.41, 5.74) is 3.40. The fourth-order valence-electron chi connectivity index (χ4n) is 3.10.